The number of nitrogens with one attached hydrogen (secondary N) is 3. The number of aromatic nitrogens is 1. The average molecular weight is 300 g/mol. The van der Waals surface area contributed by atoms with Crippen molar-refractivity contribution in [1.82, 2.24) is 15.7 Å². The zero-order valence-electron chi connectivity index (χ0n) is 12.1. The second-order valence-electron chi connectivity index (χ2n) is 5.53. The maximum absolute atomic E-state index is 5.27. The van der Waals surface area contributed by atoms with Gasteiger partial charge in [-0.15, -0.1) is 0 Å². The van der Waals surface area contributed by atoms with Crippen molar-refractivity contribution in [3.63, 3.8) is 0 Å². The first-order chi connectivity index (χ1) is 10.2. The largest absolute Gasteiger partial charge is 0.359 e. The van der Waals surface area contributed by atoms with Gasteiger partial charge in [-0.05, 0) is 38.0 Å². The first-order valence-corrected chi connectivity index (χ1v) is 7.82. The van der Waals surface area contributed by atoms with E-state index >= 15 is 0 Å². The highest BCUT2D eigenvalue weighted by Crippen LogP contribution is 2.20. The molecule has 0 unspecified atom stereocenters. The molecule has 1 aromatic heterocycles. The van der Waals surface area contributed by atoms with Crippen LogP contribution in [0.4, 0.5) is 0 Å². The van der Waals surface area contributed by atoms with Crippen LogP contribution in [-0.4, -0.2) is 22.4 Å². The van der Waals surface area contributed by atoms with Crippen LogP contribution in [0.25, 0.3) is 10.9 Å². The molecule has 3 N–H and O–H groups in total. The fourth-order valence-electron chi connectivity index (χ4n) is 2.91. The number of benzene rings is 1. The van der Waals surface area contributed by atoms with E-state index < -0.39 is 0 Å². The van der Waals surface area contributed by atoms with Crippen molar-refractivity contribution in [3.8, 4) is 0 Å². The molecule has 110 valence electrons. The number of aromatic amines is 1. The van der Waals surface area contributed by atoms with Gasteiger partial charge in [-0.25, -0.2) is 0 Å². The predicted octanol–water partition coefficient (Wildman–Crippen LogP) is 3.22. The highest BCUT2D eigenvalue weighted by atomic mass is 32.1. The van der Waals surface area contributed by atoms with E-state index in [9.17, 15) is 0 Å². The fourth-order valence-corrected chi connectivity index (χ4v) is 3.13. The van der Waals surface area contributed by atoms with Crippen LogP contribution in [0.2, 0.25) is 0 Å². The molecule has 1 aromatic carbocycles. The van der Waals surface area contributed by atoms with Crippen LogP contribution in [0.1, 0.15) is 36.9 Å². The van der Waals surface area contributed by atoms with E-state index in [-0.39, 0.29) is 0 Å². The molecule has 1 fully saturated rings. The average Bonchev–Trinajstić information content (AvgIpc) is 3.07. The van der Waals surface area contributed by atoms with Crippen molar-refractivity contribution >= 4 is 34.4 Å². The van der Waals surface area contributed by atoms with Crippen LogP contribution in [0.5, 0.6) is 0 Å². The molecule has 1 saturated carbocycles. The van der Waals surface area contributed by atoms with Crippen LogP contribution in [0.3, 0.4) is 0 Å². The molecule has 3 rings (SSSR count). The molecule has 0 atom stereocenters. The van der Waals surface area contributed by atoms with Gasteiger partial charge >= 0.3 is 0 Å². The third-order valence-electron chi connectivity index (χ3n) is 3.99. The molecule has 0 radical (unpaired) electrons. The topological polar surface area (TPSA) is 52.2 Å². The minimum absolute atomic E-state index is 0.509. The first-order valence-electron chi connectivity index (χ1n) is 7.41. The van der Waals surface area contributed by atoms with Gasteiger partial charge in [0.15, 0.2) is 5.11 Å². The Kier molecular flexibility index (Phi) is 4.20. The van der Waals surface area contributed by atoms with E-state index in [0.717, 1.165) is 16.8 Å². The molecule has 1 aliphatic carbocycles. The van der Waals surface area contributed by atoms with E-state index in [1.807, 2.05) is 18.3 Å². The van der Waals surface area contributed by atoms with Gasteiger partial charge in [0.2, 0.25) is 0 Å². The lowest BCUT2D eigenvalue weighted by Gasteiger charge is -2.12. The monoisotopic (exact) mass is 300 g/mol. The summed E-state index contributed by atoms with van der Waals surface area (Å²) in [4.78, 5) is 3.36. The van der Waals surface area contributed by atoms with Crippen molar-refractivity contribution in [3.05, 3.63) is 35.5 Å². The smallest absolute Gasteiger partial charge is 0.187 e. The van der Waals surface area contributed by atoms with E-state index in [0.29, 0.717) is 11.2 Å². The number of hydrogen-bond acceptors (Lipinski definition) is 2. The normalized spacial score (nSPS) is 15.9. The van der Waals surface area contributed by atoms with Crippen molar-refractivity contribution in [2.45, 2.75) is 38.6 Å². The SMILES string of the molecule is Cc1[nH]c2ccccc2c1/C=N/NC(=S)NC1CCCC1. The Morgan fingerprint density at radius 3 is 2.90 bits per heavy atom. The van der Waals surface area contributed by atoms with Crippen LogP contribution in [0, 0.1) is 6.92 Å². The minimum atomic E-state index is 0.509. The van der Waals surface area contributed by atoms with Crippen LogP contribution >= 0.6 is 12.2 Å². The number of aryl methyl sites for hydroxylation is 1. The zero-order valence-corrected chi connectivity index (χ0v) is 13.0. The third kappa shape index (κ3) is 3.24. The summed E-state index contributed by atoms with van der Waals surface area (Å²) in [7, 11) is 0. The van der Waals surface area contributed by atoms with Crippen LogP contribution in [0.15, 0.2) is 29.4 Å². The Bertz CT molecular complexity index is 668. The van der Waals surface area contributed by atoms with Crippen LogP contribution in [-0.2, 0) is 0 Å². The minimum Gasteiger partial charge on any atom is -0.359 e. The number of H-pyrrole nitrogens is 1. The summed E-state index contributed by atoms with van der Waals surface area (Å²) in [6, 6.07) is 8.73. The summed E-state index contributed by atoms with van der Waals surface area (Å²) in [6.45, 7) is 2.05. The van der Waals surface area contributed by atoms with E-state index in [1.165, 1.54) is 31.1 Å². The number of thiocarbonyl (C=S) groups is 1. The van der Waals surface area contributed by atoms with E-state index in [1.54, 1.807) is 0 Å². The molecule has 5 heteroatoms. The molecule has 0 amide bonds. The predicted molar refractivity (Wildman–Crippen MR) is 91.8 cm³/mol. The number of nitrogens with zero attached hydrogens (tertiary/aromatic N) is 1. The Balaban J connectivity index is 1.64. The molecule has 4 nitrogen and oxygen atoms in total. The standard InChI is InChI=1S/C16H20N4S/c1-11-14(13-8-4-5-9-15(13)18-11)10-17-20-16(21)19-12-6-2-3-7-12/h4-5,8-10,12,18H,2-3,6-7H2,1H3,(H2,19,20,21)/b17-10+. The number of rotatable bonds is 3. The lowest BCUT2D eigenvalue weighted by atomic mass is 10.1. The number of fused-ring (bicyclic) bond motifs is 1. The summed E-state index contributed by atoms with van der Waals surface area (Å²) in [6.07, 6.45) is 6.81. The first kappa shape index (κ1) is 14.1. The number of hydrogen-bond donors (Lipinski definition) is 3. The maximum atomic E-state index is 5.27. The Morgan fingerprint density at radius 1 is 1.33 bits per heavy atom. The lowest BCUT2D eigenvalue weighted by molar-refractivity contribution is 0.624. The molecule has 0 saturated heterocycles. The lowest BCUT2D eigenvalue weighted by Crippen LogP contribution is -2.38. The molecule has 1 heterocycles. The summed E-state index contributed by atoms with van der Waals surface area (Å²) < 4.78 is 0. The quantitative estimate of drug-likeness (QED) is 0.463. The van der Waals surface area contributed by atoms with Crippen LogP contribution < -0.4 is 10.7 Å². The highest BCUT2D eigenvalue weighted by Gasteiger charge is 2.15. The third-order valence-corrected chi connectivity index (χ3v) is 4.20. The Labute approximate surface area is 130 Å². The molecule has 2 aromatic rings. The second-order valence-corrected chi connectivity index (χ2v) is 5.94. The zero-order chi connectivity index (χ0) is 14.7. The van der Waals surface area contributed by atoms with Gasteiger partial charge in [0.05, 0.1) is 6.21 Å². The fraction of sp³-hybridized carbons (Fsp3) is 0.375. The van der Waals surface area contributed by atoms with Gasteiger partial charge in [-0.3, -0.25) is 5.43 Å². The summed E-state index contributed by atoms with van der Waals surface area (Å²) in [5, 5.41) is 9.36. The molecular formula is C16H20N4S. The van der Waals surface area contributed by atoms with Gasteiger partial charge in [0.25, 0.3) is 0 Å². The van der Waals surface area contributed by atoms with Gasteiger partial charge in [-0.2, -0.15) is 5.10 Å². The highest BCUT2D eigenvalue weighted by molar-refractivity contribution is 7.80. The molecular weight excluding hydrogens is 280 g/mol. The van der Waals surface area contributed by atoms with Gasteiger partial charge in [0, 0.05) is 28.2 Å². The number of hydrazone groups is 1. The molecule has 1 aliphatic rings. The van der Waals surface area contributed by atoms with Gasteiger partial charge < -0.3 is 10.3 Å². The summed E-state index contributed by atoms with van der Waals surface area (Å²) in [5.74, 6) is 0. The molecule has 0 bridgehead atoms. The van der Waals surface area contributed by atoms with Gasteiger partial charge in [0.1, 0.15) is 0 Å². The van der Waals surface area contributed by atoms with Gasteiger partial charge in [-0.1, -0.05) is 31.0 Å². The Hall–Kier alpha value is -1.88. The molecule has 0 aliphatic heterocycles. The summed E-state index contributed by atoms with van der Waals surface area (Å²) >= 11 is 5.27. The summed E-state index contributed by atoms with van der Waals surface area (Å²) in [5.41, 5.74) is 6.25. The van der Waals surface area contributed by atoms with Crippen molar-refractivity contribution in [2.24, 2.45) is 5.10 Å². The van der Waals surface area contributed by atoms with E-state index in [2.05, 4.69) is 39.9 Å². The molecule has 0 spiro atoms. The molecule has 21 heavy (non-hydrogen) atoms. The van der Waals surface area contributed by atoms with Crippen molar-refractivity contribution in [2.75, 3.05) is 0 Å². The van der Waals surface area contributed by atoms with Crippen molar-refractivity contribution < 1.29 is 0 Å². The van der Waals surface area contributed by atoms with Crippen molar-refractivity contribution in [1.29, 1.82) is 0 Å². The second kappa shape index (κ2) is 6.26. The number of para-hydroxylation sites is 1. The van der Waals surface area contributed by atoms with E-state index in [4.69, 9.17) is 12.2 Å². The Morgan fingerprint density at radius 2 is 2.10 bits per heavy atom. The maximum Gasteiger partial charge on any atom is 0.187 e.